The molecule has 3 rings (SSSR count). The summed E-state index contributed by atoms with van der Waals surface area (Å²) in [5, 5.41) is 4.19. The fourth-order valence-electron chi connectivity index (χ4n) is 3.00. The van der Waals surface area contributed by atoms with Gasteiger partial charge in [-0.1, -0.05) is 0 Å². The van der Waals surface area contributed by atoms with Gasteiger partial charge in [-0.15, -0.1) is 0 Å². The highest BCUT2D eigenvalue weighted by molar-refractivity contribution is 7.89. The SMILES string of the molecule is COc1ccc(S(=O)(=O)N2CCN(CCn3cccn3)CC2)cc1OC. The van der Waals surface area contributed by atoms with E-state index < -0.39 is 10.0 Å². The van der Waals surface area contributed by atoms with Gasteiger partial charge in [-0.3, -0.25) is 9.58 Å². The molecule has 0 unspecified atom stereocenters. The van der Waals surface area contributed by atoms with E-state index in [0.717, 1.165) is 13.1 Å². The predicted octanol–water partition coefficient (Wildman–Crippen LogP) is 0.907. The molecule has 142 valence electrons. The number of rotatable bonds is 7. The summed E-state index contributed by atoms with van der Waals surface area (Å²) in [5.74, 6) is 0.918. The van der Waals surface area contributed by atoms with Gasteiger partial charge in [0.25, 0.3) is 0 Å². The molecule has 1 aromatic heterocycles. The Morgan fingerprint density at radius 1 is 1.04 bits per heavy atom. The van der Waals surface area contributed by atoms with Crippen molar-refractivity contribution in [3.8, 4) is 11.5 Å². The van der Waals surface area contributed by atoms with Crippen LogP contribution < -0.4 is 9.47 Å². The second-order valence-corrected chi connectivity index (χ2v) is 7.97. The molecule has 9 heteroatoms. The molecular weight excluding hydrogens is 356 g/mol. The molecule has 1 aliphatic rings. The smallest absolute Gasteiger partial charge is 0.243 e. The number of aromatic nitrogens is 2. The number of methoxy groups -OCH3 is 2. The van der Waals surface area contributed by atoms with Crippen LogP contribution in [0.25, 0.3) is 0 Å². The highest BCUT2D eigenvalue weighted by atomic mass is 32.2. The lowest BCUT2D eigenvalue weighted by Gasteiger charge is -2.34. The zero-order valence-corrected chi connectivity index (χ0v) is 15.9. The minimum absolute atomic E-state index is 0.222. The average molecular weight is 380 g/mol. The van der Waals surface area contributed by atoms with Gasteiger partial charge in [0.05, 0.1) is 25.7 Å². The molecule has 0 bridgehead atoms. The van der Waals surface area contributed by atoms with Gasteiger partial charge in [-0.2, -0.15) is 9.40 Å². The fourth-order valence-corrected chi connectivity index (χ4v) is 4.43. The molecule has 1 saturated heterocycles. The summed E-state index contributed by atoms with van der Waals surface area (Å²) in [4.78, 5) is 2.47. The molecule has 0 amide bonds. The van der Waals surface area contributed by atoms with Crippen LogP contribution in [0.1, 0.15) is 0 Å². The van der Waals surface area contributed by atoms with Crippen molar-refractivity contribution in [1.29, 1.82) is 0 Å². The Morgan fingerprint density at radius 3 is 2.38 bits per heavy atom. The standard InChI is InChI=1S/C17H24N4O4S/c1-24-16-5-4-15(14-17(16)25-2)26(22,23)21-12-9-19(10-13-21)8-11-20-7-3-6-18-20/h3-7,14H,8-13H2,1-2H3. The van der Waals surface area contributed by atoms with Crippen LogP contribution >= 0.6 is 0 Å². The van der Waals surface area contributed by atoms with Crippen molar-refractivity contribution in [3.63, 3.8) is 0 Å². The molecule has 0 aliphatic carbocycles. The number of benzene rings is 1. The van der Waals surface area contributed by atoms with E-state index in [-0.39, 0.29) is 4.90 Å². The van der Waals surface area contributed by atoms with E-state index in [9.17, 15) is 8.42 Å². The molecule has 1 fully saturated rings. The third-order valence-corrected chi connectivity index (χ3v) is 6.42. The summed E-state index contributed by atoms with van der Waals surface area (Å²) >= 11 is 0. The monoisotopic (exact) mass is 380 g/mol. The molecular formula is C17H24N4O4S. The number of piperazine rings is 1. The summed E-state index contributed by atoms with van der Waals surface area (Å²) in [6.45, 7) is 3.99. The number of hydrogen-bond donors (Lipinski definition) is 0. The van der Waals surface area contributed by atoms with Crippen LogP contribution in [0.5, 0.6) is 11.5 Å². The molecule has 2 aromatic rings. The summed E-state index contributed by atoms with van der Waals surface area (Å²) < 4.78 is 39.6. The Balaban J connectivity index is 1.62. The lowest BCUT2D eigenvalue weighted by molar-refractivity contribution is 0.181. The van der Waals surface area contributed by atoms with Gasteiger partial charge >= 0.3 is 0 Å². The van der Waals surface area contributed by atoms with Crippen molar-refractivity contribution >= 4 is 10.0 Å². The first-order valence-corrected chi connectivity index (χ1v) is 9.90. The molecule has 1 aromatic carbocycles. The normalized spacial score (nSPS) is 16.5. The third-order valence-electron chi connectivity index (χ3n) is 4.53. The Labute approximate surface area is 154 Å². The summed E-state index contributed by atoms with van der Waals surface area (Å²) in [7, 11) is -0.533. The Hall–Kier alpha value is -2.10. The van der Waals surface area contributed by atoms with Crippen LogP contribution in [-0.2, 0) is 16.6 Å². The maximum absolute atomic E-state index is 12.9. The molecule has 8 nitrogen and oxygen atoms in total. The van der Waals surface area contributed by atoms with Crippen molar-refractivity contribution in [1.82, 2.24) is 19.0 Å². The quantitative estimate of drug-likeness (QED) is 0.711. The number of hydrogen-bond acceptors (Lipinski definition) is 6. The van der Waals surface area contributed by atoms with Crippen molar-refractivity contribution < 1.29 is 17.9 Å². The molecule has 0 saturated carbocycles. The summed E-state index contributed by atoms with van der Waals surface area (Å²) in [6, 6.07) is 6.58. The largest absolute Gasteiger partial charge is 0.493 e. The van der Waals surface area contributed by atoms with Gasteiger partial charge in [-0.05, 0) is 18.2 Å². The van der Waals surface area contributed by atoms with Crippen molar-refractivity contribution in [3.05, 3.63) is 36.7 Å². The molecule has 26 heavy (non-hydrogen) atoms. The van der Waals surface area contributed by atoms with E-state index in [1.54, 1.807) is 18.3 Å². The van der Waals surface area contributed by atoms with E-state index in [1.165, 1.54) is 24.6 Å². The van der Waals surface area contributed by atoms with Crippen LogP contribution in [-0.4, -0.2) is 74.3 Å². The van der Waals surface area contributed by atoms with Crippen LogP contribution in [0.3, 0.4) is 0 Å². The topological polar surface area (TPSA) is 76.9 Å². The minimum atomic E-state index is -3.55. The Morgan fingerprint density at radius 2 is 1.77 bits per heavy atom. The maximum atomic E-state index is 12.9. The van der Waals surface area contributed by atoms with Gasteiger partial charge < -0.3 is 9.47 Å². The third kappa shape index (κ3) is 4.00. The summed E-state index contributed by atoms with van der Waals surface area (Å²) in [6.07, 6.45) is 3.69. The molecule has 0 atom stereocenters. The predicted molar refractivity (Wildman–Crippen MR) is 97.0 cm³/mol. The van der Waals surface area contributed by atoms with Crippen LogP contribution in [0.2, 0.25) is 0 Å². The first-order chi connectivity index (χ1) is 12.5. The molecule has 0 spiro atoms. The van der Waals surface area contributed by atoms with Crippen molar-refractivity contribution in [2.45, 2.75) is 11.4 Å². The zero-order chi connectivity index (χ0) is 18.6. The highest BCUT2D eigenvalue weighted by Crippen LogP contribution is 2.30. The zero-order valence-electron chi connectivity index (χ0n) is 15.0. The van der Waals surface area contributed by atoms with E-state index in [1.807, 2.05) is 16.9 Å². The van der Waals surface area contributed by atoms with Crippen molar-refractivity contribution in [2.24, 2.45) is 0 Å². The van der Waals surface area contributed by atoms with E-state index >= 15 is 0 Å². The van der Waals surface area contributed by atoms with Crippen LogP contribution in [0.15, 0.2) is 41.6 Å². The lowest BCUT2D eigenvalue weighted by Crippen LogP contribution is -2.49. The Bertz CT molecular complexity index is 815. The maximum Gasteiger partial charge on any atom is 0.243 e. The van der Waals surface area contributed by atoms with Gasteiger partial charge in [0.2, 0.25) is 10.0 Å². The summed E-state index contributed by atoms with van der Waals surface area (Å²) in [5.41, 5.74) is 0. The van der Waals surface area contributed by atoms with E-state index in [0.29, 0.717) is 37.7 Å². The molecule has 0 radical (unpaired) electrons. The minimum Gasteiger partial charge on any atom is -0.493 e. The van der Waals surface area contributed by atoms with Gasteiger partial charge in [-0.25, -0.2) is 8.42 Å². The second-order valence-electron chi connectivity index (χ2n) is 6.03. The van der Waals surface area contributed by atoms with E-state index in [2.05, 4.69) is 10.00 Å². The fraction of sp³-hybridized carbons (Fsp3) is 0.471. The van der Waals surface area contributed by atoms with Crippen molar-refractivity contribution in [2.75, 3.05) is 46.9 Å². The lowest BCUT2D eigenvalue weighted by atomic mass is 10.3. The number of nitrogens with zero attached hydrogens (tertiary/aromatic N) is 4. The van der Waals surface area contributed by atoms with E-state index in [4.69, 9.17) is 9.47 Å². The second kappa shape index (κ2) is 8.07. The Kier molecular flexibility index (Phi) is 5.80. The highest BCUT2D eigenvalue weighted by Gasteiger charge is 2.29. The van der Waals surface area contributed by atoms with Crippen LogP contribution in [0.4, 0.5) is 0 Å². The first kappa shape index (κ1) is 18.7. The molecule has 2 heterocycles. The first-order valence-electron chi connectivity index (χ1n) is 8.46. The average Bonchev–Trinajstić information content (AvgIpc) is 3.19. The molecule has 0 N–H and O–H groups in total. The molecule has 1 aliphatic heterocycles. The van der Waals surface area contributed by atoms with Crippen LogP contribution in [0, 0.1) is 0 Å². The number of sulfonamides is 1. The van der Waals surface area contributed by atoms with Gasteiger partial charge in [0.15, 0.2) is 11.5 Å². The van der Waals surface area contributed by atoms with Gasteiger partial charge in [0.1, 0.15) is 0 Å². The number of ether oxygens (including phenoxy) is 2. The van der Waals surface area contributed by atoms with Gasteiger partial charge in [0, 0.05) is 51.2 Å².